The zero-order valence-electron chi connectivity index (χ0n) is 13.0. The van der Waals surface area contributed by atoms with Crippen LogP contribution in [0, 0.1) is 11.3 Å². The van der Waals surface area contributed by atoms with Gasteiger partial charge >= 0.3 is 0 Å². The van der Waals surface area contributed by atoms with Gasteiger partial charge in [-0.2, -0.15) is 5.26 Å². The van der Waals surface area contributed by atoms with Gasteiger partial charge in [-0.05, 0) is 37.3 Å². The van der Waals surface area contributed by atoms with E-state index in [0.29, 0.717) is 16.9 Å². The molecule has 0 aliphatic carbocycles. The standard InChI is InChI=1S/C18H15N3O2S/c1-12(24-14-6-4-5-13(9-14)10-19)18(23)21-11-17(22)20-15-7-2-3-8-16(15)21/h2-9,12H,11H2,1H3,(H,20,22)/t12-/m1/s1. The van der Waals surface area contributed by atoms with Crippen LogP contribution in [-0.4, -0.2) is 23.6 Å². The fourth-order valence-electron chi connectivity index (χ4n) is 2.54. The van der Waals surface area contributed by atoms with Gasteiger partial charge in [0.1, 0.15) is 6.54 Å². The number of carbonyl (C=O) groups is 2. The molecule has 1 aliphatic rings. The smallest absolute Gasteiger partial charge is 0.244 e. The lowest BCUT2D eigenvalue weighted by atomic mass is 10.2. The molecule has 0 unspecified atom stereocenters. The van der Waals surface area contributed by atoms with Gasteiger partial charge < -0.3 is 5.32 Å². The Morgan fingerprint density at radius 1 is 1.29 bits per heavy atom. The summed E-state index contributed by atoms with van der Waals surface area (Å²) in [6.07, 6.45) is 0. The quantitative estimate of drug-likeness (QED) is 0.874. The zero-order valence-corrected chi connectivity index (χ0v) is 13.8. The number of fused-ring (bicyclic) bond motifs is 1. The maximum absolute atomic E-state index is 12.8. The molecule has 24 heavy (non-hydrogen) atoms. The predicted molar refractivity (Wildman–Crippen MR) is 93.9 cm³/mol. The van der Waals surface area contributed by atoms with Gasteiger partial charge in [0.2, 0.25) is 11.8 Å². The number of para-hydroxylation sites is 2. The van der Waals surface area contributed by atoms with Crippen LogP contribution in [0.25, 0.3) is 0 Å². The number of benzene rings is 2. The van der Waals surface area contributed by atoms with E-state index in [-0.39, 0.29) is 23.6 Å². The highest BCUT2D eigenvalue weighted by Gasteiger charge is 2.29. The van der Waals surface area contributed by atoms with E-state index in [1.54, 1.807) is 31.2 Å². The van der Waals surface area contributed by atoms with Crippen molar-refractivity contribution in [1.82, 2.24) is 0 Å². The van der Waals surface area contributed by atoms with Crippen molar-refractivity contribution >= 4 is 35.0 Å². The first-order valence-corrected chi connectivity index (χ1v) is 8.33. The maximum Gasteiger partial charge on any atom is 0.244 e. The second kappa shape index (κ2) is 6.77. The summed E-state index contributed by atoms with van der Waals surface area (Å²) in [5, 5.41) is 11.4. The third-order valence-corrected chi connectivity index (χ3v) is 4.74. The largest absolute Gasteiger partial charge is 0.323 e. The molecule has 0 fully saturated rings. The van der Waals surface area contributed by atoms with Crippen molar-refractivity contribution in [2.24, 2.45) is 0 Å². The van der Waals surface area contributed by atoms with Crippen molar-refractivity contribution in [2.75, 3.05) is 16.8 Å². The molecule has 6 heteroatoms. The molecule has 1 aliphatic heterocycles. The Bertz CT molecular complexity index is 844. The molecule has 0 saturated carbocycles. The van der Waals surface area contributed by atoms with Crippen LogP contribution >= 0.6 is 11.8 Å². The van der Waals surface area contributed by atoms with E-state index in [2.05, 4.69) is 11.4 Å². The first-order valence-electron chi connectivity index (χ1n) is 7.45. The van der Waals surface area contributed by atoms with Crippen LogP contribution in [-0.2, 0) is 9.59 Å². The Morgan fingerprint density at radius 3 is 2.88 bits per heavy atom. The first-order chi connectivity index (χ1) is 11.6. The van der Waals surface area contributed by atoms with Crippen LogP contribution in [0.4, 0.5) is 11.4 Å². The van der Waals surface area contributed by atoms with E-state index in [4.69, 9.17) is 5.26 Å². The van der Waals surface area contributed by atoms with E-state index < -0.39 is 0 Å². The van der Waals surface area contributed by atoms with Crippen molar-refractivity contribution < 1.29 is 9.59 Å². The van der Waals surface area contributed by atoms with E-state index in [1.165, 1.54) is 16.7 Å². The second-order valence-corrected chi connectivity index (χ2v) is 6.80. The SMILES string of the molecule is C[C@@H](Sc1cccc(C#N)c1)C(=O)N1CC(=O)Nc2ccccc21. The number of carbonyl (C=O) groups excluding carboxylic acids is 2. The molecule has 5 nitrogen and oxygen atoms in total. The summed E-state index contributed by atoms with van der Waals surface area (Å²) in [5.74, 6) is -0.338. The Labute approximate surface area is 144 Å². The molecule has 2 aromatic rings. The van der Waals surface area contributed by atoms with Gasteiger partial charge in [0, 0.05) is 4.90 Å². The molecule has 1 heterocycles. The van der Waals surface area contributed by atoms with Gasteiger partial charge in [-0.1, -0.05) is 18.2 Å². The molecular formula is C18H15N3O2S. The van der Waals surface area contributed by atoms with Gasteiger partial charge in [0.05, 0.1) is 28.3 Å². The lowest BCUT2D eigenvalue weighted by molar-refractivity contribution is -0.121. The molecule has 3 rings (SSSR count). The van der Waals surface area contributed by atoms with Gasteiger partial charge in [-0.3, -0.25) is 14.5 Å². The van der Waals surface area contributed by atoms with E-state index >= 15 is 0 Å². The summed E-state index contributed by atoms with van der Waals surface area (Å²) < 4.78 is 0. The third kappa shape index (κ3) is 3.26. The monoisotopic (exact) mass is 337 g/mol. The number of hydrogen-bond donors (Lipinski definition) is 1. The molecular weight excluding hydrogens is 322 g/mol. The molecule has 0 spiro atoms. The fraction of sp³-hybridized carbons (Fsp3) is 0.167. The van der Waals surface area contributed by atoms with Gasteiger partial charge in [0.15, 0.2) is 0 Å². The minimum absolute atomic E-state index is 0.0129. The minimum Gasteiger partial charge on any atom is -0.323 e. The molecule has 1 N–H and O–H groups in total. The lowest BCUT2D eigenvalue weighted by Crippen LogP contribution is -2.45. The highest BCUT2D eigenvalue weighted by atomic mass is 32.2. The number of anilines is 2. The number of thioether (sulfide) groups is 1. The van der Waals surface area contributed by atoms with E-state index in [1.807, 2.05) is 24.3 Å². The topological polar surface area (TPSA) is 73.2 Å². The normalized spacial score (nSPS) is 14.3. The molecule has 0 saturated heterocycles. The third-order valence-electron chi connectivity index (χ3n) is 3.66. The van der Waals surface area contributed by atoms with Gasteiger partial charge in [0.25, 0.3) is 0 Å². The van der Waals surface area contributed by atoms with Crippen LogP contribution < -0.4 is 10.2 Å². The Kier molecular flexibility index (Phi) is 4.54. The predicted octanol–water partition coefficient (Wildman–Crippen LogP) is 3.02. The van der Waals surface area contributed by atoms with Crippen molar-refractivity contribution in [3.63, 3.8) is 0 Å². The first kappa shape index (κ1) is 16.1. The van der Waals surface area contributed by atoms with Gasteiger partial charge in [-0.25, -0.2) is 0 Å². The van der Waals surface area contributed by atoms with E-state index in [0.717, 1.165) is 4.90 Å². The average Bonchev–Trinajstić information content (AvgIpc) is 2.60. The molecule has 0 bridgehead atoms. The summed E-state index contributed by atoms with van der Waals surface area (Å²) >= 11 is 1.38. The summed E-state index contributed by atoms with van der Waals surface area (Å²) in [7, 11) is 0. The number of nitrogens with zero attached hydrogens (tertiary/aromatic N) is 2. The number of nitrogens with one attached hydrogen (secondary N) is 1. The summed E-state index contributed by atoms with van der Waals surface area (Å²) in [5.41, 5.74) is 1.91. The highest BCUT2D eigenvalue weighted by Crippen LogP contribution is 2.32. The second-order valence-electron chi connectivity index (χ2n) is 5.39. The zero-order chi connectivity index (χ0) is 17.1. The van der Waals surface area contributed by atoms with Crippen molar-refractivity contribution in [3.05, 3.63) is 54.1 Å². The van der Waals surface area contributed by atoms with Gasteiger partial charge in [-0.15, -0.1) is 11.8 Å². The summed E-state index contributed by atoms with van der Waals surface area (Å²) in [4.78, 5) is 27.0. The minimum atomic E-state index is -0.377. The van der Waals surface area contributed by atoms with Crippen molar-refractivity contribution in [3.8, 4) is 6.07 Å². The van der Waals surface area contributed by atoms with Crippen molar-refractivity contribution in [1.29, 1.82) is 5.26 Å². The van der Waals surface area contributed by atoms with Crippen LogP contribution in [0.2, 0.25) is 0 Å². The summed E-state index contributed by atoms with van der Waals surface area (Å²) in [6.45, 7) is 1.82. The van der Waals surface area contributed by atoms with Crippen LogP contribution in [0.5, 0.6) is 0 Å². The lowest BCUT2D eigenvalue weighted by Gasteiger charge is -2.30. The Morgan fingerprint density at radius 2 is 2.08 bits per heavy atom. The fourth-order valence-corrected chi connectivity index (χ4v) is 3.53. The number of nitriles is 1. The molecule has 2 amide bonds. The molecule has 2 aromatic carbocycles. The van der Waals surface area contributed by atoms with Crippen molar-refractivity contribution in [2.45, 2.75) is 17.1 Å². The van der Waals surface area contributed by atoms with Crippen LogP contribution in [0.15, 0.2) is 53.4 Å². The average molecular weight is 337 g/mol. The number of amides is 2. The summed E-state index contributed by atoms with van der Waals surface area (Å²) in [6, 6.07) is 16.5. The highest BCUT2D eigenvalue weighted by molar-refractivity contribution is 8.00. The maximum atomic E-state index is 12.8. The number of hydrogen-bond acceptors (Lipinski definition) is 4. The number of rotatable bonds is 3. The molecule has 120 valence electrons. The molecule has 0 radical (unpaired) electrons. The van der Waals surface area contributed by atoms with Crippen LogP contribution in [0.3, 0.4) is 0 Å². The van der Waals surface area contributed by atoms with Crippen LogP contribution in [0.1, 0.15) is 12.5 Å². The molecule has 0 aromatic heterocycles. The van der Waals surface area contributed by atoms with E-state index in [9.17, 15) is 9.59 Å². The Balaban J connectivity index is 1.81. The molecule has 1 atom stereocenters. The Hall–Kier alpha value is -2.78.